The monoisotopic (exact) mass is 434 g/mol. The lowest BCUT2D eigenvalue weighted by Crippen LogP contribution is -2.47. The van der Waals surface area contributed by atoms with E-state index in [4.69, 9.17) is 9.15 Å². The molecule has 8 nitrogen and oxygen atoms in total. The number of furan rings is 1. The topological polar surface area (TPSA) is 100 Å². The number of benzene rings is 2. The largest absolute Gasteiger partial charge is 0.480 e. The molecule has 1 saturated heterocycles. The Balaban J connectivity index is 1.34. The van der Waals surface area contributed by atoms with Crippen LogP contribution in [0.2, 0.25) is 0 Å². The van der Waals surface area contributed by atoms with Gasteiger partial charge in [0.15, 0.2) is 0 Å². The molecule has 3 aromatic rings. The van der Waals surface area contributed by atoms with Crippen molar-refractivity contribution in [2.45, 2.75) is 31.8 Å². The van der Waals surface area contributed by atoms with Crippen LogP contribution in [0.4, 0.5) is 5.88 Å². The van der Waals surface area contributed by atoms with Crippen molar-refractivity contribution < 1.29 is 28.6 Å². The number of carboxylic acids is 1. The summed E-state index contributed by atoms with van der Waals surface area (Å²) in [5, 5.41) is 10.2. The molecule has 32 heavy (non-hydrogen) atoms. The van der Waals surface area contributed by atoms with Crippen molar-refractivity contribution in [3.63, 3.8) is 0 Å². The Hall–Kier alpha value is -3.81. The minimum Gasteiger partial charge on any atom is -0.480 e. The van der Waals surface area contributed by atoms with Crippen molar-refractivity contribution in [2.75, 3.05) is 11.4 Å². The second-order valence-electron chi connectivity index (χ2n) is 8.67. The van der Waals surface area contributed by atoms with Gasteiger partial charge in [-0.2, -0.15) is 0 Å². The summed E-state index contributed by atoms with van der Waals surface area (Å²) in [5.41, 5.74) is 0.401. The smallest absolute Gasteiger partial charge is 0.326 e. The number of amides is 2. The van der Waals surface area contributed by atoms with Gasteiger partial charge in [0.1, 0.15) is 29.7 Å². The zero-order chi connectivity index (χ0) is 22.5. The van der Waals surface area contributed by atoms with Gasteiger partial charge in [-0.1, -0.05) is 25.1 Å². The van der Waals surface area contributed by atoms with Crippen LogP contribution in [-0.2, 0) is 14.4 Å². The number of hydrogen-bond acceptors (Lipinski definition) is 5. The van der Waals surface area contributed by atoms with E-state index in [0.717, 1.165) is 11.3 Å². The maximum atomic E-state index is 13.0. The highest BCUT2D eigenvalue weighted by Gasteiger charge is 2.64. The fourth-order valence-electron chi connectivity index (χ4n) is 4.58. The molecular weight excluding hydrogens is 412 g/mol. The van der Waals surface area contributed by atoms with Gasteiger partial charge < -0.3 is 19.2 Å². The van der Waals surface area contributed by atoms with Crippen LogP contribution in [0.15, 0.2) is 59.0 Å². The highest BCUT2D eigenvalue weighted by atomic mass is 16.5. The fraction of sp³-hybridized carbons (Fsp3) is 0.292. The summed E-state index contributed by atoms with van der Waals surface area (Å²) < 4.78 is 11.6. The predicted molar refractivity (Wildman–Crippen MR) is 116 cm³/mol. The van der Waals surface area contributed by atoms with Crippen LogP contribution in [0.1, 0.15) is 19.8 Å². The summed E-state index contributed by atoms with van der Waals surface area (Å²) in [4.78, 5) is 38.9. The highest BCUT2D eigenvalue weighted by Crippen LogP contribution is 2.59. The SMILES string of the molecule is C[C@@]12C[C@@H]1N(C(=O)CN(C=O)c1cc3cc(Oc4ccccc4)ccc3o1)[C@H](C(=O)O)C2. The molecule has 0 spiro atoms. The van der Waals surface area contributed by atoms with Crippen molar-refractivity contribution in [3.8, 4) is 11.5 Å². The van der Waals surface area contributed by atoms with Crippen LogP contribution in [0, 0.1) is 5.41 Å². The molecule has 0 radical (unpaired) electrons. The first-order valence-electron chi connectivity index (χ1n) is 10.4. The molecular formula is C24H22N2O6. The van der Waals surface area contributed by atoms with E-state index in [9.17, 15) is 19.5 Å². The van der Waals surface area contributed by atoms with Crippen LogP contribution in [0.5, 0.6) is 11.5 Å². The van der Waals surface area contributed by atoms with Gasteiger partial charge >= 0.3 is 5.97 Å². The number of carbonyl (C=O) groups is 3. The van der Waals surface area contributed by atoms with E-state index in [-0.39, 0.29) is 23.9 Å². The Morgan fingerprint density at radius 2 is 1.97 bits per heavy atom. The number of nitrogens with zero attached hydrogens (tertiary/aromatic N) is 2. The zero-order valence-electron chi connectivity index (χ0n) is 17.4. The van der Waals surface area contributed by atoms with Crippen LogP contribution in [0.25, 0.3) is 11.0 Å². The van der Waals surface area contributed by atoms with E-state index in [1.54, 1.807) is 24.3 Å². The number of ether oxygens (including phenoxy) is 1. The summed E-state index contributed by atoms with van der Waals surface area (Å²) in [5.74, 6) is 0.105. The molecule has 0 bridgehead atoms. The van der Waals surface area contributed by atoms with Gasteiger partial charge in [0, 0.05) is 17.5 Å². The van der Waals surface area contributed by atoms with Gasteiger partial charge in [0.25, 0.3) is 0 Å². The van der Waals surface area contributed by atoms with Crippen molar-refractivity contribution in [2.24, 2.45) is 5.41 Å². The Morgan fingerprint density at radius 3 is 2.69 bits per heavy atom. The molecule has 1 aliphatic carbocycles. The summed E-state index contributed by atoms with van der Waals surface area (Å²) in [6.45, 7) is 1.71. The molecule has 164 valence electrons. The lowest BCUT2D eigenvalue weighted by Gasteiger charge is -2.26. The molecule has 8 heteroatoms. The molecule has 2 heterocycles. The third-order valence-corrected chi connectivity index (χ3v) is 6.38. The molecule has 1 aromatic heterocycles. The third kappa shape index (κ3) is 3.47. The fourth-order valence-corrected chi connectivity index (χ4v) is 4.58. The number of aliphatic carboxylic acids is 1. The van der Waals surface area contributed by atoms with Gasteiger partial charge in [-0.15, -0.1) is 0 Å². The lowest BCUT2D eigenvalue weighted by atomic mass is 10.0. The molecule has 2 amide bonds. The lowest BCUT2D eigenvalue weighted by molar-refractivity contribution is -0.148. The maximum absolute atomic E-state index is 13.0. The van der Waals surface area contributed by atoms with E-state index in [1.165, 1.54) is 4.90 Å². The first kappa shape index (κ1) is 20.1. The molecule has 1 aliphatic heterocycles. The minimum atomic E-state index is -1.01. The number of anilines is 1. The van der Waals surface area contributed by atoms with E-state index in [0.29, 0.717) is 35.3 Å². The average molecular weight is 434 g/mol. The Bertz CT molecular complexity index is 1210. The van der Waals surface area contributed by atoms with E-state index < -0.39 is 17.9 Å². The average Bonchev–Trinajstić information content (AvgIpc) is 3.12. The van der Waals surface area contributed by atoms with E-state index in [1.807, 2.05) is 37.3 Å². The van der Waals surface area contributed by atoms with Gasteiger partial charge in [0.2, 0.25) is 18.2 Å². The number of para-hydroxylation sites is 1. The van der Waals surface area contributed by atoms with Gasteiger partial charge in [-0.25, -0.2) is 4.79 Å². The van der Waals surface area contributed by atoms with Crippen LogP contribution < -0.4 is 9.64 Å². The van der Waals surface area contributed by atoms with Crippen molar-refractivity contribution in [1.29, 1.82) is 0 Å². The summed E-state index contributed by atoms with van der Waals surface area (Å²) in [7, 11) is 0. The number of fused-ring (bicyclic) bond motifs is 2. The Morgan fingerprint density at radius 1 is 1.19 bits per heavy atom. The number of carbonyl (C=O) groups excluding carboxylic acids is 2. The third-order valence-electron chi connectivity index (χ3n) is 6.38. The van der Waals surface area contributed by atoms with Gasteiger partial charge in [0.05, 0.1) is 0 Å². The number of hydrogen-bond donors (Lipinski definition) is 1. The quantitative estimate of drug-likeness (QED) is 0.570. The van der Waals surface area contributed by atoms with Crippen molar-refractivity contribution >= 4 is 35.1 Å². The molecule has 0 unspecified atom stereocenters. The van der Waals surface area contributed by atoms with E-state index in [2.05, 4.69) is 0 Å². The molecule has 2 fully saturated rings. The molecule has 3 atom stereocenters. The second-order valence-corrected chi connectivity index (χ2v) is 8.67. The number of rotatable bonds is 7. The summed E-state index contributed by atoms with van der Waals surface area (Å²) >= 11 is 0. The number of carboxylic acid groups (broad SMARTS) is 1. The standard InChI is InChI=1S/C24H22N2O6/c1-24-11-18(23(29)30)26(20(24)12-24)21(28)13-25(14-27)22-10-15-9-17(7-8-19(15)32-22)31-16-5-3-2-4-6-16/h2-10,14,18,20H,11-13H2,1H3,(H,29,30)/t18-,20-,24+/m0/s1. The predicted octanol–water partition coefficient (Wildman–Crippen LogP) is 3.65. The van der Waals surface area contributed by atoms with Gasteiger partial charge in [-0.3, -0.25) is 14.5 Å². The first-order chi connectivity index (χ1) is 15.4. The minimum absolute atomic E-state index is 0.0852. The van der Waals surface area contributed by atoms with Crippen molar-refractivity contribution in [3.05, 3.63) is 54.6 Å². The van der Waals surface area contributed by atoms with Crippen LogP contribution in [0.3, 0.4) is 0 Å². The van der Waals surface area contributed by atoms with Crippen LogP contribution >= 0.6 is 0 Å². The summed E-state index contributed by atoms with van der Waals surface area (Å²) in [6.07, 6.45) is 1.75. The normalized spacial score (nSPS) is 23.6. The number of piperidine rings is 1. The highest BCUT2D eigenvalue weighted by molar-refractivity contribution is 5.93. The number of likely N-dealkylation sites (tertiary alicyclic amines) is 1. The Labute approximate surface area is 184 Å². The zero-order valence-corrected chi connectivity index (χ0v) is 17.4. The summed E-state index contributed by atoms with van der Waals surface area (Å²) in [6, 6.07) is 15.4. The van der Waals surface area contributed by atoms with Crippen LogP contribution in [-0.4, -0.2) is 46.9 Å². The van der Waals surface area contributed by atoms with E-state index >= 15 is 0 Å². The maximum Gasteiger partial charge on any atom is 0.326 e. The molecule has 5 rings (SSSR count). The van der Waals surface area contributed by atoms with Gasteiger partial charge in [-0.05, 0) is 48.6 Å². The first-order valence-corrected chi connectivity index (χ1v) is 10.4. The molecule has 2 aromatic carbocycles. The molecule has 1 N–H and O–H groups in total. The Kier molecular flexibility index (Phi) is 4.65. The molecule has 2 aliphatic rings. The second kappa shape index (κ2) is 7.40. The molecule has 1 saturated carbocycles. The van der Waals surface area contributed by atoms with Crippen molar-refractivity contribution in [1.82, 2.24) is 4.90 Å².